The molecule has 1 aliphatic rings. The fourth-order valence-corrected chi connectivity index (χ4v) is 5.44. The normalized spacial score (nSPS) is 20.0. The number of rotatable bonds is 7. The number of aromatic nitrogens is 1. The van der Waals surface area contributed by atoms with Crippen molar-refractivity contribution in [1.29, 1.82) is 0 Å². The van der Waals surface area contributed by atoms with Crippen LogP contribution in [-0.4, -0.2) is 39.4 Å². The van der Waals surface area contributed by atoms with E-state index in [0.29, 0.717) is 5.92 Å². The molecule has 1 aliphatic carbocycles. The van der Waals surface area contributed by atoms with Gasteiger partial charge in [0, 0.05) is 41.5 Å². The maximum Gasteiger partial charge on any atom is 0.178 e. The molecule has 1 unspecified atom stereocenters. The van der Waals surface area contributed by atoms with E-state index in [-0.39, 0.29) is 35.9 Å². The van der Waals surface area contributed by atoms with Crippen molar-refractivity contribution in [2.24, 2.45) is 11.7 Å². The second-order valence-electron chi connectivity index (χ2n) is 8.73. The molecule has 3 N–H and O–H groups in total. The van der Waals surface area contributed by atoms with E-state index in [2.05, 4.69) is 4.98 Å². The molecule has 1 aromatic heterocycles. The van der Waals surface area contributed by atoms with Crippen LogP contribution >= 0.6 is 0 Å². The van der Waals surface area contributed by atoms with Crippen molar-refractivity contribution in [3.8, 4) is 11.5 Å². The molecule has 33 heavy (non-hydrogen) atoms. The third-order valence-electron chi connectivity index (χ3n) is 6.54. The number of ether oxygens (including phenoxy) is 2. The van der Waals surface area contributed by atoms with Crippen LogP contribution < -0.4 is 15.2 Å². The van der Waals surface area contributed by atoms with E-state index in [1.54, 1.807) is 12.1 Å². The van der Waals surface area contributed by atoms with Gasteiger partial charge in [0.05, 0.1) is 7.11 Å². The first kappa shape index (κ1) is 23.5. The Bertz CT molecular complexity index is 1250. The first-order chi connectivity index (χ1) is 15.7. The van der Waals surface area contributed by atoms with E-state index in [1.807, 2.05) is 6.20 Å². The van der Waals surface area contributed by atoms with Crippen molar-refractivity contribution in [3.05, 3.63) is 53.7 Å². The predicted molar refractivity (Wildman–Crippen MR) is 122 cm³/mol. The summed E-state index contributed by atoms with van der Waals surface area (Å²) in [5.41, 5.74) is 8.46. The first-order valence-electron chi connectivity index (χ1n) is 10.9. The molecule has 0 spiro atoms. The number of H-pyrrole nitrogens is 1. The number of hydrogen-bond acceptors (Lipinski definition) is 5. The van der Waals surface area contributed by atoms with Crippen molar-refractivity contribution in [2.75, 3.05) is 20.0 Å². The highest BCUT2D eigenvalue weighted by Gasteiger charge is 2.28. The first-order valence-corrected chi connectivity index (χ1v) is 12.8. The molecule has 0 radical (unpaired) electrons. The molecule has 3 aromatic rings. The number of nitrogens with one attached hydrogen (secondary N) is 1. The lowest BCUT2D eigenvalue weighted by molar-refractivity contribution is 0.200. The quantitative estimate of drug-likeness (QED) is 0.520. The molecule has 0 bridgehead atoms. The van der Waals surface area contributed by atoms with Gasteiger partial charge in [-0.2, -0.15) is 0 Å². The van der Waals surface area contributed by atoms with Crippen LogP contribution in [0.2, 0.25) is 0 Å². The second kappa shape index (κ2) is 9.30. The summed E-state index contributed by atoms with van der Waals surface area (Å²) in [6.45, 7) is 0.154. The smallest absolute Gasteiger partial charge is 0.178 e. The molecule has 9 heteroatoms. The van der Waals surface area contributed by atoms with E-state index < -0.39 is 20.5 Å². The summed E-state index contributed by atoms with van der Waals surface area (Å²) in [5.74, 6) is -0.311. The average Bonchev–Trinajstić information content (AvgIpc) is 3.19. The molecule has 1 atom stereocenters. The summed E-state index contributed by atoms with van der Waals surface area (Å²) in [5, 5.41) is 0.928. The average molecular weight is 479 g/mol. The third kappa shape index (κ3) is 4.99. The fourth-order valence-electron chi connectivity index (χ4n) is 4.71. The van der Waals surface area contributed by atoms with Crippen LogP contribution in [0.25, 0.3) is 10.9 Å². The summed E-state index contributed by atoms with van der Waals surface area (Å²) in [7, 11) is -2.36. The molecular weight excluding hydrogens is 450 g/mol. The SMILES string of the molecule is COc1cc(S(C)(=O)=O)c(F)cc1OCC(N)C1CCC(c2c[nH]c3ccc(F)cc23)CC1. The molecular formula is C24H28F2N2O4S. The zero-order chi connectivity index (χ0) is 23.8. The molecule has 0 saturated heterocycles. The van der Waals surface area contributed by atoms with Gasteiger partial charge in [-0.1, -0.05) is 0 Å². The van der Waals surface area contributed by atoms with Gasteiger partial charge in [0.15, 0.2) is 21.3 Å². The lowest BCUT2D eigenvalue weighted by Gasteiger charge is -2.32. The minimum absolute atomic E-state index is 0.118. The second-order valence-corrected chi connectivity index (χ2v) is 10.7. The van der Waals surface area contributed by atoms with Crippen LogP contribution in [0, 0.1) is 17.6 Å². The highest BCUT2D eigenvalue weighted by Crippen LogP contribution is 2.40. The summed E-state index contributed by atoms with van der Waals surface area (Å²) >= 11 is 0. The van der Waals surface area contributed by atoms with Crippen molar-refractivity contribution < 1.29 is 26.7 Å². The van der Waals surface area contributed by atoms with Gasteiger partial charge >= 0.3 is 0 Å². The van der Waals surface area contributed by atoms with Crippen LogP contribution in [0.4, 0.5) is 8.78 Å². The Kier molecular flexibility index (Phi) is 6.63. The van der Waals surface area contributed by atoms with Gasteiger partial charge < -0.3 is 20.2 Å². The number of methoxy groups -OCH3 is 1. The third-order valence-corrected chi connectivity index (χ3v) is 7.65. The van der Waals surface area contributed by atoms with E-state index in [1.165, 1.54) is 13.2 Å². The maximum atomic E-state index is 14.3. The molecule has 6 nitrogen and oxygen atoms in total. The number of nitrogens with two attached hydrogens (primary N) is 1. The number of aromatic amines is 1. The van der Waals surface area contributed by atoms with Crippen molar-refractivity contribution in [1.82, 2.24) is 4.98 Å². The molecule has 178 valence electrons. The molecule has 2 aromatic carbocycles. The minimum atomic E-state index is -3.73. The van der Waals surface area contributed by atoms with Crippen LogP contribution in [-0.2, 0) is 9.84 Å². The summed E-state index contributed by atoms with van der Waals surface area (Å²) in [6, 6.07) is 6.67. The predicted octanol–water partition coefficient (Wildman–Crippen LogP) is 4.54. The molecule has 0 aliphatic heterocycles. The Balaban J connectivity index is 1.38. The lowest BCUT2D eigenvalue weighted by atomic mass is 9.76. The largest absolute Gasteiger partial charge is 0.493 e. The number of hydrogen-bond donors (Lipinski definition) is 2. The molecule has 1 saturated carbocycles. The van der Waals surface area contributed by atoms with Crippen LogP contribution in [0.3, 0.4) is 0 Å². The molecule has 1 fully saturated rings. The number of benzene rings is 2. The Morgan fingerprint density at radius 2 is 1.85 bits per heavy atom. The van der Waals surface area contributed by atoms with Gasteiger partial charge in [0.1, 0.15) is 23.1 Å². The standard InChI is InChI=1S/C24H28F2N2O4S/c1-31-22-11-24(33(2,29)30)19(26)10-23(22)32-13-20(27)15-5-3-14(4-6-15)18-12-28-21-8-7-16(25)9-17(18)21/h7-12,14-15,20,28H,3-6,13,27H2,1-2H3. The van der Waals surface area contributed by atoms with Crippen molar-refractivity contribution in [3.63, 3.8) is 0 Å². The molecule has 4 rings (SSSR count). The zero-order valence-corrected chi connectivity index (χ0v) is 19.4. The summed E-state index contributed by atoms with van der Waals surface area (Å²) < 4.78 is 62.4. The van der Waals surface area contributed by atoms with Gasteiger partial charge in [0.25, 0.3) is 0 Å². The maximum absolute atomic E-state index is 14.3. The highest BCUT2D eigenvalue weighted by atomic mass is 32.2. The van der Waals surface area contributed by atoms with E-state index in [0.717, 1.165) is 60.5 Å². The Labute approximate surface area is 192 Å². The Morgan fingerprint density at radius 3 is 2.52 bits per heavy atom. The van der Waals surface area contributed by atoms with E-state index in [9.17, 15) is 17.2 Å². The summed E-state index contributed by atoms with van der Waals surface area (Å²) in [4.78, 5) is 2.78. The van der Waals surface area contributed by atoms with Crippen molar-refractivity contribution >= 4 is 20.7 Å². The Morgan fingerprint density at radius 1 is 1.12 bits per heavy atom. The van der Waals surface area contributed by atoms with E-state index >= 15 is 0 Å². The fraction of sp³-hybridized carbons (Fsp3) is 0.417. The lowest BCUT2D eigenvalue weighted by Crippen LogP contribution is -2.37. The number of halogens is 2. The van der Waals surface area contributed by atoms with Crippen LogP contribution in [0.15, 0.2) is 41.4 Å². The zero-order valence-electron chi connectivity index (χ0n) is 18.6. The van der Waals surface area contributed by atoms with E-state index in [4.69, 9.17) is 15.2 Å². The Hall–Kier alpha value is -2.65. The highest BCUT2D eigenvalue weighted by molar-refractivity contribution is 7.90. The van der Waals surface area contributed by atoms with Gasteiger partial charge in [-0.25, -0.2) is 17.2 Å². The monoisotopic (exact) mass is 478 g/mol. The number of fused-ring (bicyclic) bond motifs is 1. The summed E-state index contributed by atoms with van der Waals surface area (Å²) in [6.07, 6.45) is 6.57. The molecule has 1 heterocycles. The number of sulfone groups is 1. The minimum Gasteiger partial charge on any atom is -0.493 e. The molecule has 0 amide bonds. The van der Waals surface area contributed by atoms with Gasteiger partial charge in [-0.3, -0.25) is 0 Å². The van der Waals surface area contributed by atoms with Crippen LogP contribution in [0.5, 0.6) is 11.5 Å². The topological polar surface area (TPSA) is 94.4 Å². The van der Waals surface area contributed by atoms with Gasteiger partial charge in [-0.15, -0.1) is 0 Å². The van der Waals surface area contributed by atoms with Gasteiger partial charge in [-0.05, 0) is 61.3 Å². The van der Waals surface area contributed by atoms with Crippen molar-refractivity contribution in [2.45, 2.75) is 42.5 Å². The van der Waals surface area contributed by atoms with Crippen LogP contribution in [0.1, 0.15) is 37.2 Å². The van der Waals surface area contributed by atoms with Gasteiger partial charge in [0.2, 0.25) is 0 Å².